The summed E-state index contributed by atoms with van der Waals surface area (Å²) in [5.41, 5.74) is 0.477. The van der Waals surface area contributed by atoms with Crippen LogP contribution in [0.25, 0.3) is 21.5 Å². The Morgan fingerprint density at radius 1 is 1.22 bits per heavy atom. The summed E-state index contributed by atoms with van der Waals surface area (Å²) in [5.74, 6) is 1.47. The lowest BCUT2D eigenvalue weighted by molar-refractivity contribution is -0.384. The summed E-state index contributed by atoms with van der Waals surface area (Å²) >= 11 is 1.41. The van der Waals surface area contributed by atoms with E-state index in [4.69, 9.17) is 4.42 Å². The molecule has 9 heteroatoms. The van der Waals surface area contributed by atoms with Gasteiger partial charge in [-0.15, -0.1) is 11.3 Å². The van der Waals surface area contributed by atoms with Gasteiger partial charge in [-0.25, -0.2) is 4.98 Å². The van der Waals surface area contributed by atoms with Crippen molar-refractivity contribution in [3.63, 3.8) is 0 Å². The molecule has 0 saturated heterocycles. The fourth-order valence-electron chi connectivity index (χ4n) is 2.58. The number of furan rings is 1. The van der Waals surface area contributed by atoms with Crippen LogP contribution >= 0.6 is 11.3 Å². The second-order valence-electron chi connectivity index (χ2n) is 5.67. The minimum atomic E-state index is -0.456. The third-order valence-corrected chi connectivity index (χ3v) is 4.73. The number of hydrogen-bond acceptors (Lipinski definition) is 7. The molecule has 0 fully saturated rings. The van der Waals surface area contributed by atoms with Crippen LogP contribution in [0.2, 0.25) is 0 Å². The number of benzene rings is 1. The lowest BCUT2D eigenvalue weighted by atomic mass is 10.1. The van der Waals surface area contributed by atoms with Crippen molar-refractivity contribution in [2.24, 2.45) is 5.10 Å². The average molecular weight is 380 g/mol. The number of nitro groups is 1. The molecule has 3 heterocycles. The maximum absolute atomic E-state index is 12.5. The molecule has 0 unspecified atom stereocenters. The van der Waals surface area contributed by atoms with Crippen molar-refractivity contribution >= 4 is 33.5 Å². The van der Waals surface area contributed by atoms with Gasteiger partial charge in [0.25, 0.3) is 11.2 Å². The van der Waals surface area contributed by atoms with E-state index in [1.54, 1.807) is 37.3 Å². The van der Waals surface area contributed by atoms with E-state index in [0.717, 1.165) is 0 Å². The van der Waals surface area contributed by atoms with Crippen LogP contribution in [0.3, 0.4) is 0 Å². The number of rotatable bonds is 4. The zero-order chi connectivity index (χ0) is 19.0. The maximum Gasteiger partial charge on any atom is 0.282 e. The van der Waals surface area contributed by atoms with E-state index in [0.29, 0.717) is 33.1 Å². The summed E-state index contributed by atoms with van der Waals surface area (Å²) in [6.45, 7) is 1.71. The average Bonchev–Trinajstić information content (AvgIpc) is 3.31. The molecule has 3 aromatic heterocycles. The summed E-state index contributed by atoms with van der Waals surface area (Å²) < 4.78 is 6.92. The van der Waals surface area contributed by atoms with Gasteiger partial charge in [-0.2, -0.15) is 9.78 Å². The van der Waals surface area contributed by atoms with Crippen LogP contribution < -0.4 is 5.56 Å². The summed E-state index contributed by atoms with van der Waals surface area (Å²) in [6, 6.07) is 11.2. The molecule has 0 radical (unpaired) electrons. The van der Waals surface area contributed by atoms with E-state index >= 15 is 0 Å². The second kappa shape index (κ2) is 6.61. The molecule has 0 bridgehead atoms. The molecule has 0 atom stereocenters. The van der Waals surface area contributed by atoms with Gasteiger partial charge < -0.3 is 4.42 Å². The van der Waals surface area contributed by atoms with E-state index in [1.165, 1.54) is 34.4 Å². The number of thiophene rings is 1. The lowest BCUT2D eigenvalue weighted by Crippen LogP contribution is -2.19. The van der Waals surface area contributed by atoms with Gasteiger partial charge in [-0.05, 0) is 42.6 Å². The number of non-ortho nitro benzene ring substituents is 1. The largest absolute Gasteiger partial charge is 0.455 e. The van der Waals surface area contributed by atoms with Gasteiger partial charge in [0.05, 0.1) is 16.5 Å². The van der Waals surface area contributed by atoms with Gasteiger partial charge >= 0.3 is 0 Å². The number of nitro benzene ring substituents is 1. The Kier molecular flexibility index (Phi) is 4.13. The van der Waals surface area contributed by atoms with Crippen LogP contribution in [-0.4, -0.2) is 20.8 Å². The van der Waals surface area contributed by atoms with Crippen molar-refractivity contribution in [3.8, 4) is 11.3 Å². The number of aryl methyl sites for hydroxylation is 1. The third-order valence-electron chi connectivity index (χ3n) is 3.93. The van der Waals surface area contributed by atoms with E-state index in [-0.39, 0.29) is 11.2 Å². The molecule has 0 aliphatic rings. The van der Waals surface area contributed by atoms with E-state index in [9.17, 15) is 14.9 Å². The quantitative estimate of drug-likeness (QED) is 0.304. The molecule has 0 amide bonds. The Labute approximate surface area is 156 Å². The van der Waals surface area contributed by atoms with Crippen LogP contribution in [0.5, 0.6) is 0 Å². The summed E-state index contributed by atoms with van der Waals surface area (Å²) in [7, 11) is 0. The zero-order valence-electron chi connectivity index (χ0n) is 14.0. The first-order valence-electron chi connectivity index (χ1n) is 7.89. The maximum atomic E-state index is 12.5. The minimum absolute atomic E-state index is 0.0123. The molecule has 0 aliphatic heterocycles. The van der Waals surface area contributed by atoms with E-state index < -0.39 is 4.92 Å². The van der Waals surface area contributed by atoms with Crippen molar-refractivity contribution < 1.29 is 9.34 Å². The minimum Gasteiger partial charge on any atom is -0.455 e. The number of hydrogen-bond donors (Lipinski definition) is 0. The molecule has 134 valence electrons. The van der Waals surface area contributed by atoms with Gasteiger partial charge in [0, 0.05) is 17.7 Å². The monoisotopic (exact) mass is 380 g/mol. The normalized spacial score (nSPS) is 11.4. The number of nitrogens with zero attached hydrogens (tertiary/aromatic N) is 4. The standard InChI is InChI=1S/C18H12N4O4S/c1-11-20-17-15(8-9-27-17)18(23)21(11)19-10-14-6-7-16(26-14)12-2-4-13(5-3-12)22(24)25/h2-10H,1H3/b19-10-. The number of aromatic nitrogens is 2. The van der Waals surface area contributed by atoms with Gasteiger partial charge in [0.1, 0.15) is 22.2 Å². The molecule has 0 N–H and O–H groups in total. The van der Waals surface area contributed by atoms with Crippen LogP contribution in [0, 0.1) is 17.0 Å². The van der Waals surface area contributed by atoms with Crippen LogP contribution in [-0.2, 0) is 0 Å². The molecule has 27 heavy (non-hydrogen) atoms. The predicted molar refractivity (Wildman–Crippen MR) is 102 cm³/mol. The van der Waals surface area contributed by atoms with E-state index in [1.807, 2.05) is 5.38 Å². The Bertz CT molecular complexity index is 1230. The molecular formula is C18H12N4O4S. The van der Waals surface area contributed by atoms with Crippen molar-refractivity contribution in [1.29, 1.82) is 0 Å². The first kappa shape index (κ1) is 16.9. The van der Waals surface area contributed by atoms with Crippen LogP contribution in [0.4, 0.5) is 5.69 Å². The SMILES string of the molecule is Cc1nc2sccc2c(=O)n1/N=C\c1ccc(-c2ccc([N+](=O)[O-])cc2)o1. The first-order valence-corrected chi connectivity index (χ1v) is 8.77. The fraction of sp³-hybridized carbons (Fsp3) is 0.0556. The molecule has 4 aromatic rings. The molecule has 0 saturated carbocycles. The number of fused-ring (bicyclic) bond motifs is 1. The van der Waals surface area contributed by atoms with E-state index in [2.05, 4.69) is 10.1 Å². The highest BCUT2D eigenvalue weighted by molar-refractivity contribution is 7.16. The summed E-state index contributed by atoms with van der Waals surface area (Å²) in [5, 5.41) is 17.2. The van der Waals surface area contributed by atoms with Gasteiger partial charge in [-0.3, -0.25) is 14.9 Å². The summed E-state index contributed by atoms with van der Waals surface area (Å²) in [6.07, 6.45) is 1.43. The second-order valence-corrected chi connectivity index (χ2v) is 6.56. The van der Waals surface area contributed by atoms with Gasteiger partial charge in [-0.1, -0.05) is 0 Å². The Morgan fingerprint density at radius 2 is 2.00 bits per heavy atom. The summed E-state index contributed by atoms with van der Waals surface area (Å²) in [4.78, 5) is 27.8. The Hall–Kier alpha value is -3.59. The highest BCUT2D eigenvalue weighted by Gasteiger charge is 2.10. The zero-order valence-corrected chi connectivity index (χ0v) is 14.8. The Morgan fingerprint density at radius 3 is 2.74 bits per heavy atom. The van der Waals surface area contributed by atoms with Crippen molar-refractivity contribution in [3.05, 3.63) is 79.9 Å². The third kappa shape index (κ3) is 3.15. The van der Waals surface area contributed by atoms with Crippen molar-refractivity contribution in [1.82, 2.24) is 9.66 Å². The van der Waals surface area contributed by atoms with Gasteiger partial charge in [0.2, 0.25) is 0 Å². The molecule has 1 aromatic carbocycles. The first-order chi connectivity index (χ1) is 13.0. The highest BCUT2D eigenvalue weighted by atomic mass is 32.1. The Balaban J connectivity index is 1.63. The highest BCUT2D eigenvalue weighted by Crippen LogP contribution is 2.24. The smallest absolute Gasteiger partial charge is 0.282 e. The molecule has 4 rings (SSSR count). The molecule has 8 nitrogen and oxygen atoms in total. The lowest BCUT2D eigenvalue weighted by Gasteiger charge is -2.02. The van der Waals surface area contributed by atoms with Crippen molar-refractivity contribution in [2.75, 3.05) is 0 Å². The predicted octanol–water partition coefficient (Wildman–Crippen LogP) is 3.82. The van der Waals surface area contributed by atoms with Crippen LogP contribution in [0.15, 0.2) is 62.2 Å². The topological polar surface area (TPSA) is 104 Å². The molecule has 0 aliphatic carbocycles. The van der Waals surface area contributed by atoms with Crippen molar-refractivity contribution in [2.45, 2.75) is 6.92 Å². The van der Waals surface area contributed by atoms with Gasteiger partial charge in [0.15, 0.2) is 0 Å². The molecule has 0 spiro atoms. The van der Waals surface area contributed by atoms with Crippen LogP contribution in [0.1, 0.15) is 11.6 Å². The fourth-order valence-corrected chi connectivity index (χ4v) is 3.38. The molecular weight excluding hydrogens is 368 g/mol.